The topological polar surface area (TPSA) is 38.5 Å². The van der Waals surface area contributed by atoms with Gasteiger partial charge in [0.15, 0.2) is 0 Å². The average molecular weight is 276 g/mol. The zero-order chi connectivity index (χ0) is 14.4. The SMILES string of the molecule is COC1CCCN(Cc2cc(F)cc(C#CCN)c2)C1. The highest BCUT2D eigenvalue weighted by atomic mass is 19.1. The summed E-state index contributed by atoms with van der Waals surface area (Å²) in [5, 5.41) is 0. The molecule has 0 radical (unpaired) electrons. The van der Waals surface area contributed by atoms with E-state index in [4.69, 9.17) is 10.5 Å². The Hall–Kier alpha value is -1.41. The minimum atomic E-state index is -0.246. The fourth-order valence-corrected chi connectivity index (χ4v) is 2.57. The number of ether oxygens (including phenoxy) is 1. The van der Waals surface area contributed by atoms with Crippen LogP contribution in [0.3, 0.4) is 0 Å². The van der Waals surface area contributed by atoms with E-state index in [0.717, 1.165) is 38.0 Å². The van der Waals surface area contributed by atoms with Gasteiger partial charge in [-0.15, -0.1) is 0 Å². The van der Waals surface area contributed by atoms with Crippen molar-refractivity contribution in [1.82, 2.24) is 4.90 Å². The Labute approximate surface area is 119 Å². The molecule has 1 aromatic rings. The van der Waals surface area contributed by atoms with Crippen LogP contribution in [0.1, 0.15) is 24.0 Å². The van der Waals surface area contributed by atoms with Gasteiger partial charge < -0.3 is 10.5 Å². The van der Waals surface area contributed by atoms with Gasteiger partial charge in [0.1, 0.15) is 5.82 Å². The van der Waals surface area contributed by atoms with Crippen molar-refractivity contribution in [3.8, 4) is 11.8 Å². The summed E-state index contributed by atoms with van der Waals surface area (Å²) in [5.74, 6) is 5.39. The predicted octanol–water partition coefficient (Wildman–Crippen LogP) is 1.75. The molecule has 1 atom stereocenters. The van der Waals surface area contributed by atoms with Crippen molar-refractivity contribution < 1.29 is 9.13 Å². The molecule has 1 fully saturated rings. The van der Waals surface area contributed by atoms with E-state index in [1.54, 1.807) is 13.2 Å². The summed E-state index contributed by atoms with van der Waals surface area (Å²) >= 11 is 0. The highest BCUT2D eigenvalue weighted by molar-refractivity contribution is 5.38. The number of halogens is 1. The maximum atomic E-state index is 13.6. The monoisotopic (exact) mass is 276 g/mol. The van der Waals surface area contributed by atoms with Gasteiger partial charge >= 0.3 is 0 Å². The molecule has 1 aliphatic rings. The van der Waals surface area contributed by atoms with Gasteiger partial charge in [0.2, 0.25) is 0 Å². The molecule has 1 aliphatic heterocycles. The molecule has 0 aliphatic carbocycles. The molecule has 1 saturated heterocycles. The zero-order valence-corrected chi connectivity index (χ0v) is 11.9. The maximum Gasteiger partial charge on any atom is 0.124 e. The first-order valence-electron chi connectivity index (χ1n) is 6.95. The van der Waals surface area contributed by atoms with Crippen molar-refractivity contribution in [2.75, 3.05) is 26.7 Å². The summed E-state index contributed by atoms with van der Waals surface area (Å²) in [6.45, 7) is 2.94. The Morgan fingerprint density at radius 2 is 2.30 bits per heavy atom. The number of rotatable bonds is 3. The number of methoxy groups -OCH3 is 1. The van der Waals surface area contributed by atoms with E-state index in [0.29, 0.717) is 5.56 Å². The highest BCUT2D eigenvalue weighted by Crippen LogP contribution is 2.17. The number of benzene rings is 1. The Balaban J connectivity index is 2.06. The molecule has 0 aromatic heterocycles. The van der Waals surface area contributed by atoms with Gasteiger partial charge in [-0.05, 0) is 43.1 Å². The fraction of sp³-hybridized carbons (Fsp3) is 0.500. The van der Waals surface area contributed by atoms with E-state index in [9.17, 15) is 4.39 Å². The molecule has 0 saturated carbocycles. The molecule has 1 heterocycles. The van der Waals surface area contributed by atoms with Crippen LogP contribution in [0.2, 0.25) is 0 Å². The van der Waals surface area contributed by atoms with Crippen LogP contribution in [0.4, 0.5) is 4.39 Å². The third kappa shape index (κ3) is 4.31. The molecule has 4 heteroatoms. The standard InChI is InChI=1S/C16H21FN2O/c1-20-16-5-3-7-19(12-16)11-14-8-13(4-2-6-18)9-15(17)10-14/h8-10,16H,3,5-7,11-12,18H2,1H3. The number of likely N-dealkylation sites (tertiary alicyclic amines) is 1. The van der Waals surface area contributed by atoms with E-state index in [-0.39, 0.29) is 18.5 Å². The van der Waals surface area contributed by atoms with E-state index < -0.39 is 0 Å². The maximum absolute atomic E-state index is 13.6. The van der Waals surface area contributed by atoms with Crippen LogP contribution in [0, 0.1) is 17.7 Å². The Bertz CT molecular complexity index is 507. The molecular weight excluding hydrogens is 255 g/mol. The van der Waals surface area contributed by atoms with Crippen LogP contribution in [0.5, 0.6) is 0 Å². The molecular formula is C16H21FN2O. The van der Waals surface area contributed by atoms with Crippen LogP contribution in [0.15, 0.2) is 18.2 Å². The quantitative estimate of drug-likeness (QED) is 0.855. The minimum Gasteiger partial charge on any atom is -0.380 e. The lowest BCUT2D eigenvalue weighted by atomic mass is 10.1. The normalized spacial score (nSPS) is 19.4. The average Bonchev–Trinajstić information content (AvgIpc) is 2.44. The summed E-state index contributed by atoms with van der Waals surface area (Å²) in [4.78, 5) is 2.30. The predicted molar refractivity (Wildman–Crippen MR) is 77.6 cm³/mol. The van der Waals surface area contributed by atoms with Crippen molar-refractivity contribution >= 4 is 0 Å². The van der Waals surface area contributed by atoms with E-state index in [2.05, 4.69) is 16.7 Å². The number of hydrogen-bond donors (Lipinski definition) is 1. The summed E-state index contributed by atoms with van der Waals surface area (Å²) in [6, 6.07) is 4.95. The highest BCUT2D eigenvalue weighted by Gasteiger charge is 2.19. The summed E-state index contributed by atoms with van der Waals surface area (Å²) in [7, 11) is 1.75. The second-order valence-electron chi connectivity index (χ2n) is 5.09. The van der Waals surface area contributed by atoms with Crippen molar-refractivity contribution in [3.05, 3.63) is 35.1 Å². The van der Waals surface area contributed by atoms with Crippen LogP contribution in [-0.4, -0.2) is 37.7 Å². The molecule has 1 aromatic carbocycles. The molecule has 2 rings (SSSR count). The van der Waals surface area contributed by atoms with Gasteiger partial charge in [0.25, 0.3) is 0 Å². The Morgan fingerprint density at radius 1 is 1.45 bits per heavy atom. The molecule has 2 N–H and O–H groups in total. The number of hydrogen-bond acceptors (Lipinski definition) is 3. The molecule has 0 amide bonds. The molecule has 0 spiro atoms. The first-order valence-corrected chi connectivity index (χ1v) is 6.95. The third-order valence-corrected chi connectivity index (χ3v) is 3.49. The lowest BCUT2D eigenvalue weighted by Gasteiger charge is -2.31. The second-order valence-corrected chi connectivity index (χ2v) is 5.09. The first kappa shape index (κ1) is 15.0. The number of piperidine rings is 1. The second kappa shape index (κ2) is 7.39. The van der Waals surface area contributed by atoms with Crippen LogP contribution >= 0.6 is 0 Å². The lowest BCUT2D eigenvalue weighted by Crippen LogP contribution is -2.38. The molecule has 0 bridgehead atoms. The number of nitrogens with two attached hydrogens (primary N) is 1. The summed E-state index contributed by atoms with van der Waals surface area (Å²) < 4.78 is 19.0. The third-order valence-electron chi connectivity index (χ3n) is 3.49. The largest absolute Gasteiger partial charge is 0.380 e. The van der Waals surface area contributed by atoms with Gasteiger partial charge in [-0.1, -0.05) is 11.8 Å². The van der Waals surface area contributed by atoms with Crippen LogP contribution in [-0.2, 0) is 11.3 Å². The molecule has 108 valence electrons. The van der Waals surface area contributed by atoms with Crippen LogP contribution < -0.4 is 5.73 Å². The van der Waals surface area contributed by atoms with Gasteiger partial charge in [-0.2, -0.15) is 0 Å². The van der Waals surface area contributed by atoms with Crippen molar-refractivity contribution in [2.24, 2.45) is 5.73 Å². The van der Waals surface area contributed by atoms with E-state index in [1.165, 1.54) is 6.07 Å². The van der Waals surface area contributed by atoms with Crippen molar-refractivity contribution in [2.45, 2.75) is 25.5 Å². The first-order chi connectivity index (χ1) is 9.71. The molecule has 20 heavy (non-hydrogen) atoms. The fourth-order valence-electron chi connectivity index (χ4n) is 2.57. The van der Waals surface area contributed by atoms with Gasteiger partial charge in [0.05, 0.1) is 12.6 Å². The summed E-state index contributed by atoms with van der Waals surface area (Å²) in [5.41, 5.74) is 6.98. The minimum absolute atomic E-state index is 0.246. The molecule has 1 unspecified atom stereocenters. The number of nitrogens with zero attached hydrogens (tertiary/aromatic N) is 1. The van der Waals surface area contributed by atoms with Crippen molar-refractivity contribution in [1.29, 1.82) is 0 Å². The molecule has 3 nitrogen and oxygen atoms in total. The van der Waals surface area contributed by atoms with Crippen LogP contribution in [0.25, 0.3) is 0 Å². The van der Waals surface area contributed by atoms with E-state index in [1.807, 2.05) is 6.07 Å². The smallest absolute Gasteiger partial charge is 0.124 e. The van der Waals surface area contributed by atoms with Crippen molar-refractivity contribution in [3.63, 3.8) is 0 Å². The van der Waals surface area contributed by atoms with E-state index >= 15 is 0 Å². The van der Waals surface area contributed by atoms with Gasteiger partial charge in [-0.25, -0.2) is 4.39 Å². The lowest BCUT2D eigenvalue weighted by molar-refractivity contribution is 0.0285. The van der Waals surface area contributed by atoms with Gasteiger partial charge in [-0.3, -0.25) is 4.90 Å². The zero-order valence-electron chi connectivity index (χ0n) is 11.9. The Kier molecular flexibility index (Phi) is 5.54. The Morgan fingerprint density at radius 3 is 3.05 bits per heavy atom. The summed E-state index contributed by atoms with van der Waals surface area (Å²) in [6.07, 6.45) is 2.51. The van der Waals surface area contributed by atoms with Gasteiger partial charge in [0, 0.05) is 25.8 Å².